The average molecular weight is 209 g/mol. The van der Waals surface area contributed by atoms with Gasteiger partial charge in [0.1, 0.15) is 0 Å². The summed E-state index contributed by atoms with van der Waals surface area (Å²) in [5.41, 5.74) is 0. The fourth-order valence-electron chi connectivity index (χ4n) is 1.82. The second-order valence-electron chi connectivity index (χ2n) is 3.78. The molecular formula is C11H15NOS. The van der Waals surface area contributed by atoms with Crippen LogP contribution in [-0.2, 0) is 10.8 Å². The van der Waals surface area contributed by atoms with E-state index in [9.17, 15) is 4.21 Å². The molecule has 2 unspecified atom stereocenters. The minimum atomic E-state index is -0.821. The van der Waals surface area contributed by atoms with E-state index in [0.717, 1.165) is 24.4 Å². The van der Waals surface area contributed by atoms with Crippen LogP contribution in [0.1, 0.15) is 6.42 Å². The molecule has 1 aliphatic rings. The monoisotopic (exact) mass is 209 g/mol. The van der Waals surface area contributed by atoms with Gasteiger partial charge >= 0.3 is 0 Å². The zero-order valence-corrected chi connectivity index (χ0v) is 9.17. The van der Waals surface area contributed by atoms with Crippen molar-refractivity contribution in [2.75, 3.05) is 20.1 Å². The third kappa shape index (κ3) is 2.04. The fraction of sp³-hybridized carbons (Fsp3) is 0.455. The third-order valence-electron chi connectivity index (χ3n) is 2.63. The van der Waals surface area contributed by atoms with Crippen molar-refractivity contribution in [2.45, 2.75) is 16.6 Å². The van der Waals surface area contributed by atoms with Crippen molar-refractivity contribution in [2.24, 2.45) is 0 Å². The molecule has 0 saturated carbocycles. The van der Waals surface area contributed by atoms with Gasteiger partial charge in [-0.05, 0) is 32.1 Å². The summed E-state index contributed by atoms with van der Waals surface area (Å²) in [5, 5.41) is 0.322. The zero-order chi connectivity index (χ0) is 9.97. The first kappa shape index (κ1) is 9.87. The van der Waals surface area contributed by atoms with Gasteiger partial charge in [-0.3, -0.25) is 4.21 Å². The molecule has 1 aliphatic heterocycles. The summed E-state index contributed by atoms with van der Waals surface area (Å²) in [7, 11) is 1.26. The van der Waals surface area contributed by atoms with Crippen molar-refractivity contribution in [1.29, 1.82) is 0 Å². The van der Waals surface area contributed by atoms with Crippen molar-refractivity contribution in [1.82, 2.24) is 4.90 Å². The fourth-order valence-corrected chi connectivity index (χ4v) is 3.34. The van der Waals surface area contributed by atoms with Crippen molar-refractivity contribution in [3.63, 3.8) is 0 Å². The molecule has 1 aromatic rings. The Bertz CT molecular complexity index is 325. The normalized spacial score (nSPS) is 25.1. The smallest absolute Gasteiger partial charge is 0.0574 e. The molecule has 1 heterocycles. The van der Waals surface area contributed by atoms with Gasteiger partial charge in [-0.1, -0.05) is 18.2 Å². The topological polar surface area (TPSA) is 20.3 Å². The Morgan fingerprint density at radius 2 is 2.07 bits per heavy atom. The van der Waals surface area contributed by atoms with Crippen molar-refractivity contribution in [3.8, 4) is 0 Å². The molecule has 2 atom stereocenters. The highest BCUT2D eigenvalue weighted by atomic mass is 32.2. The molecule has 1 aromatic carbocycles. The van der Waals surface area contributed by atoms with Crippen LogP contribution >= 0.6 is 0 Å². The van der Waals surface area contributed by atoms with Gasteiger partial charge in [0.15, 0.2) is 0 Å². The molecule has 0 aromatic heterocycles. The quantitative estimate of drug-likeness (QED) is 0.735. The number of likely N-dealkylation sites (tertiary alicyclic amines) is 1. The molecule has 0 spiro atoms. The minimum absolute atomic E-state index is 0.322. The van der Waals surface area contributed by atoms with Crippen LogP contribution in [0.4, 0.5) is 0 Å². The molecule has 0 N–H and O–H groups in total. The Kier molecular flexibility index (Phi) is 2.99. The van der Waals surface area contributed by atoms with Gasteiger partial charge in [-0.15, -0.1) is 0 Å². The van der Waals surface area contributed by atoms with Crippen LogP contribution in [0.15, 0.2) is 35.2 Å². The second kappa shape index (κ2) is 4.24. The van der Waals surface area contributed by atoms with E-state index >= 15 is 0 Å². The van der Waals surface area contributed by atoms with E-state index in [2.05, 4.69) is 11.9 Å². The lowest BCUT2D eigenvalue weighted by molar-refractivity contribution is 0.418. The molecule has 2 nitrogen and oxygen atoms in total. The maximum Gasteiger partial charge on any atom is 0.0574 e. The van der Waals surface area contributed by atoms with Crippen LogP contribution in [0.25, 0.3) is 0 Å². The molecule has 0 radical (unpaired) electrons. The van der Waals surface area contributed by atoms with E-state index in [1.807, 2.05) is 30.3 Å². The van der Waals surface area contributed by atoms with Gasteiger partial charge in [0, 0.05) is 11.4 Å². The predicted octanol–water partition coefficient (Wildman–Crippen LogP) is 1.50. The van der Waals surface area contributed by atoms with Gasteiger partial charge in [-0.2, -0.15) is 0 Å². The first-order valence-corrected chi connectivity index (χ1v) is 6.13. The third-order valence-corrected chi connectivity index (χ3v) is 4.35. The van der Waals surface area contributed by atoms with Gasteiger partial charge in [0.25, 0.3) is 0 Å². The highest BCUT2D eigenvalue weighted by Gasteiger charge is 2.25. The highest BCUT2D eigenvalue weighted by Crippen LogP contribution is 2.18. The van der Waals surface area contributed by atoms with Crippen molar-refractivity contribution in [3.05, 3.63) is 30.3 Å². The van der Waals surface area contributed by atoms with E-state index in [1.165, 1.54) is 0 Å². The van der Waals surface area contributed by atoms with E-state index < -0.39 is 10.8 Å². The predicted molar refractivity (Wildman–Crippen MR) is 58.8 cm³/mol. The van der Waals surface area contributed by atoms with E-state index in [0.29, 0.717) is 5.25 Å². The molecule has 76 valence electrons. The lowest BCUT2D eigenvalue weighted by Gasteiger charge is -2.09. The summed E-state index contributed by atoms with van der Waals surface area (Å²) in [6.07, 6.45) is 1.05. The lowest BCUT2D eigenvalue weighted by Crippen LogP contribution is -2.20. The summed E-state index contributed by atoms with van der Waals surface area (Å²) in [6.45, 7) is 2.03. The highest BCUT2D eigenvalue weighted by molar-refractivity contribution is 7.85. The standard InChI is InChI=1S/C11H15NOS/c1-12-8-7-11(9-12)14(13)10-5-3-2-4-6-10/h2-6,11H,7-9H2,1H3. The van der Waals surface area contributed by atoms with Gasteiger partial charge in [0.05, 0.1) is 16.0 Å². The summed E-state index contributed by atoms with van der Waals surface area (Å²) < 4.78 is 12.1. The van der Waals surface area contributed by atoms with Crippen LogP contribution in [0, 0.1) is 0 Å². The van der Waals surface area contributed by atoms with E-state index in [1.54, 1.807) is 0 Å². The Balaban J connectivity index is 2.10. The molecule has 1 saturated heterocycles. The molecule has 3 heteroatoms. The molecule has 0 amide bonds. The maximum absolute atomic E-state index is 12.1. The van der Waals surface area contributed by atoms with Crippen molar-refractivity contribution >= 4 is 10.8 Å². The van der Waals surface area contributed by atoms with Crippen LogP contribution in [-0.4, -0.2) is 34.5 Å². The average Bonchev–Trinajstić information content (AvgIpc) is 2.65. The Hall–Kier alpha value is -0.670. The lowest BCUT2D eigenvalue weighted by atomic mass is 10.4. The summed E-state index contributed by atoms with van der Waals surface area (Å²) >= 11 is 0. The molecule has 0 bridgehead atoms. The van der Waals surface area contributed by atoms with Crippen LogP contribution in [0.2, 0.25) is 0 Å². The van der Waals surface area contributed by atoms with Crippen LogP contribution in [0.5, 0.6) is 0 Å². The number of rotatable bonds is 2. The summed E-state index contributed by atoms with van der Waals surface area (Å²) in [6, 6.07) is 9.77. The van der Waals surface area contributed by atoms with E-state index in [4.69, 9.17) is 0 Å². The maximum atomic E-state index is 12.1. The van der Waals surface area contributed by atoms with Crippen molar-refractivity contribution < 1.29 is 4.21 Å². The van der Waals surface area contributed by atoms with Crippen LogP contribution in [0.3, 0.4) is 0 Å². The summed E-state index contributed by atoms with van der Waals surface area (Å²) in [5.74, 6) is 0. The first-order valence-electron chi connectivity index (χ1n) is 4.91. The number of benzene rings is 1. The van der Waals surface area contributed by atoms with Crippen LogP contribution < -0.4 is 0 Å². The number of nitrogens with zero attached hydrogens (tertiary/aromatic N) is 1. The molecular weight excluding hydrogens is 194 g/mol. The second-order valence-corrected chi connectivity index (χ2v) is 5.52. The largest absolute Gasteiger partial charge is 0.305 e. The number of hydrogen-bond acceptors (Lipinski definition) is 2. The minimum Gasteiger partial charge on any atom is -0.305 e. The SMILES string of the molecule is CN1CCC(S(=O)c2ccccc2)C1. The molecule has 0 aliphatic carbocycles. The molecule has 1 fully saturated rings. The summed E-state index contributed by atoms with van der Waals surface area (Å²) in [4.78, 5) is 3.21. The molecule has 2 rings (SSSR count). The Labute approximate surface area is 87.4 Å². The zero-order valence-electron chi connectivity index (χ0n) is 8.35. The van der Waals surface area contributed by atoms with Gasteiger partial charge in [-0.25, -0.2) is 0 Å². The number of hydrogen-bond donors (Lipinski definition) is 0. The van der Waals surface area contributed by atoms with Gasteiger partial charge < -0.3 is 4.90 Å². The Morgan fingerprint density at radius 1 is 1.36 bits per heavy atom. The van der Waals surface area contributed by atoms with Gasteiger partial charge in [0.2, 0.25) is 0 Å². The molecule has 14 heavy (non-hydrogen) atoms. The first-order chi connectivity index (χ1) is 6.77. The van der Waals surface area contributed by atoms with E-state index in [-0.39, 0.29) is 0 Å². The Morgan fingerprint density at radius 3 is 2.64 bits per heavy atom.